The number of hydrogen-bond donors (Lipinski definition) is 2. The zero-order valence-corrected chi connectivity index (χ0v) is 23.5. The average Bonchev–Trinajstić information content (AvgIpc) is 3.22. The van der Waals surface area contributed by atoms with Crippen LogP contribution < -0.4 is 10.6 Å². The van der Waals surface area contributed by atoms with Gasteiger partial charge in [0.2, 0.25) is 5.91 Å². The summed E-state index contributed by atoms with van der Waals surface area (Å²) < 4.78 is 1.92. The molecule has 2 N–H and O–H groups in total. The van der Waals surface area contributed by atoms with Gasteiger partial charge in [-0.25, -0.2) is 0 Å². The number of carbonyl (C=O) groups excluding carboxylic acids is 2. The number of hydrogen-bond acceptors (Lipinski definition) is 5. The summed E-state index contributed by atoms with van der Waals surface area (Å²) in [5.74, 6) is 0.547. The minimum Gasteiger partial charge on any atom is -0.342 e. The van der Waals surface area contributed by atoms with Crippen molar-refractivity contribution in [2.75, 3.05) is 11.1 Å². The van der Waals surface area contributed by atoms with Crippen LogP contribution in [-0.4, -0.2) is 32.3 Å². The van der Waals surface area contributed by atoms with Crippen LogP contribution >= 0.6 is 46.6 Å². The maximum atomic E-state index is 13.0. The highest BCUT2D eigenvalue weighted by Crippen LogP contribution is 2.27. The zero-order chi connectivity index (χ0) is 26.4. The number of halogens is 3. The second-order valence-electron chi connectivity index (χ2n) is 8.66. The molecule has 1 heterocycles. The fourth-order valence-electron chi connectivity index (χ4n) is 3.62. The maximum Gasteiger partial charge on any atom is 0.253 e. The van der Waals surface area contributed by atoms with Crippen LogP contribution in [0.5, 0.6) is 0 Å². The summed E-state index contributed by atoms with van der Waals surface area (Å²) in [6.07, 6.45) is 0.647. The second kappa shape index (κ2) is 12.8. The number of benzene rings is 2. The number of anilines is 1. The van der Waals surface area contributed by atoms with E-state index < -0.39 is 6.04 Å². The summed E-state index contributed by atoms with van der Waals surface area (Å²) in [7, 11) is 0. The minimum atomic E-state index is -0.394. The predicted molar refractivity (Wildman–Crippen MR) is 147 cm³/mol. The molecule has 0 bridgehead atoms. The van der Waals surface area contributed by atoms with Crippen molar-refractivity contribution in [1.82, 2.24) is 20.1 Å². The lowest BCUT2D eigenvalue weighted by Crippen LogP contribution is -2.32. The molecule has 0 unspecified atom stereocenters. The van der Waals surface area contributed by atoms with Gasteiger partial charge in [0.1, 0.15) is 0 Å². The zero-order valence-electron chi connectivity index (χ0n) is 20.4. The van der Waals surface area contributed by atoms with Gasteiger partial charge in [-0.3, -0.25) is 9.59 Å². The van der Waals surface area contributed by atoms with Gasteiger partial charge in [0.25, 0.3) is 5.91 Å². The van der Waals surface area contributed by atoms with Crippen LogP contribution in [0.4, 0.5) is 5.69 Å². The van der Waals surface area contributed by atoms with E-state index in [4.69, 9.17) is 34.8 Å². The Labute approximate surface area is 230 Å². The molecule has 0 spiro atoms. The molecule has 192 valence electrons. The van der Waals surface area contributed by atoms with E-state index in [1.165, 1.54) is 17.8 Å². The molecule has 1 atom stereocenters. The first-order valence-corrected chi connectivity index (χ1v) is 13.6. The number of aromatic nitrogens is 3. The Bertz CT molecular complexity index is 1250. The SMILES string of the molecule is CCn1c(SCC(=O)Nc2cc(Cl)ccc2C)nnc1[C@@H](CC(C)C)NC(=O)c1ccc(Cl)cc1Cl. The fourth-order valence-corrected chi connectivity index (χ4v) is 5.09. The van der Waals surface area contributed by atoms with Crippen molar-refractivity contribution in [3.63, 3.8) is 0 Å². The fraction of sp³-hybridized carbons (Fsp3) is 0.360. The van der Waals surface area contributed by atoms with Gasteiger partial charge in [0.15, 0.2) is 11.0 Å². The molecule has 11 heteroatoms. The molecule has 0 saturated carbocycles. The van der Waals surface area contributed by atoms with Gasteiger partial charge in [-0.1, -0.05) is 66.5 Å². The Kier molecular flexibility index (Phi) is 10.1. The third-order valence-corrected chi connectivity index (χ3v) is 7.12. The van der Waals surface area contributed by atoms with E-state index >= 15 is 0 Å². The summed E-state index contributed by atoms with van der Waals surface area (Å²) in [6, 6.07) is 9.71. The van der Waals surface area contributed by atoms with Crippen LogP contribution in [0.2, 0.25) is 15.1 Å². The summed E-state index contributed by atoms with van der Waals surface area (Å²) >= 11 is 19.5. The molecule has 1 aromatic heterocycles. The third kappa shape index (κ3) is 7.38. The molecular formula is C25H28Cl3N5O2S. The largest absolute Gasteiger partial charge is 0.342 e. The number of rotatable bonds is 10. The highest BCUT2D eigenvalue weighted by molar-refractivity contribution is 7.99. The highest BCUT2D eigenvalue weighted by atomic mass is 35.5. The molecule has 2 aromatic carbocycles. The lowest BCUT2D eigenvalue weighted by Gasteiger charge is -2.21. The van der Waals surface area contributed by atoms with Gasteiger partial charge in [-0.05, 0) is 62.1 Å². The van der Waals surface area contributed by atoms with Crippen LogP contribution in [-0.2, 0) is 11.3 Å². The van der Waals surface area contributed by atoms with E-state index in [1.807, 2.05) is 24.5 Å². The van der Waals surface area contributed by atoms with Crippen LogP contribution in [0.15, 0.2) is 41.6 Å². The molecule has 2 amide bonds. The van der Waals surface area contributed by atoms with Gasteiger partial charge >= 0.3 is 0 Å². The number of aryl methyl sites for hydroxylation is 1. The van der Waals surface area contributed by atoms with Crippen molar-refractivity contribution in [3.05, 3.63) is 68.4 Å². The second-order valence-corrected chi connectivity index (χ2v) is 10.9. The van der Waals surface area contributed by atoms with Crippen LogP contribution in [0.3, 0.4) is 0 Å². The van der Waals surface area contributed by atoms with Crippen molar-refractivity contribution >= 4 is 64.1 Å². The van der Waals surface area contributed by atoms with Gasteiger partial charge in [0, 0.05) is 22.3 Å². The average molecular weight is 569 g/mol. The van der Waals surface area contributed by atoms with Crippen molar-refractivity contribution in [3.8, 4) is 0 Å². The third-order valence-electron chi connectivity index (χ3n) is 5.37. The van der Waals surface area contributed by atoms with Gasteiger partial charge in [0.05, 0.1) is 22.4 Å². The predicted octanol–water partition coefficient (Wildman–Crippen LogP) is 6.81. The van der Waals surface area contributed by atoms with E-state index in [-0.39, 0.29) is 28.5 Å². The number of thioether (sulfide) groups is 1. The number of amides is 2. The quantitative estimate of drug-likeness (QED) is 0.262. The number of carbonyl (C=O) groups is 2. The summed E-state index contributed by atoms with van der Waals surface area (Å²) in [5.41, 5.74) is 1.93. The van der Waals surface area contributed by atoms with Crippen molar-refractivity contribution in [2.24, 2.45) is 5.92 Å². The lowest BCUT2D eigenvalue weighted by atomic mass is 10.0. The Hall–Kier alpha value is -2.26. The summed E-state index contributed by atoms with van der Waals surface area (Å²) in [6.45, 7) is 8.58. The first-order valence-electron chi connectivity index (χ1n) is 11.5. The molecule has 0 fully saturated rings. The van der Waals surface area contributed by atoms with Gasteiger partial charge < -0.3 is 15.2 Å². The van der Waals surface area contributed by atoms with E-state index in [2.05, 4.69) is 34.7 Å². The molecule has 0 radical (unpaired) electrons. The van der Waals surface area contributed by atoms with E-state index in [0.29, 0.717) is 45.2 Å². The number of nitrogens with one attached hydrogen (secondary N) is 2. The highest BCUT2D eigenvalue weighted by Gasteiger charge is 2.25. The minimum absolute atomic E-state index is 0.145. The first kappa shape index (κ1) is 28.3. The Balaban J connectivity index is 1.76. The van der Waals surface area contributed by atoms with Gasteiger partial charge in [-0.2, -0.15) is 0 Å². The van der Waals surface area contributed by atoms with E-state index in [0.717, 1.165) is 5.56 Å². The van der Waals surface area contributed by atoms with Crippen molar-refractivity contribution in [1.29, 1.82) is 0 Å². The Morgan fingerprint density at radius 1 is 1.06 bits per heavy atom. The topological polar surface area (TPSA) is 88.9 Å². The van der Waals surface area contributed by atoms with Crippen LogP contribution in [0.25, 0.3) is 0 Å². The van der Waals surface area contributed by atoms with Crippen LogP contribution in [0.1, 0.15) is 55.0 Å². The molecule has 0 aliphatic carbocycles. The molecular weight excluding hydrogens is 541 g/mol. The van der Waals surface area contributed by atoms with Gasteiger partial charge in [-0.15, -0.1) is 10.2 Å². The first-order chi connectivity index (χ1) is 17.1. The standard InChI is InChI=1S/C25H28Cl3N5O2S/c1-5-33-23(21(10-14(2)3)30-24(35)18-9-8-16(26)11-19(18)28)31-32-25(33)36-13-22(34)29-20-12-17(27)7-6-15(20)4/h6-9,11-12,14,21H,5,10,13H2,1-4H3,(H,29,34)(H,30,35)/t21-/m1/s1. The summed E-state index contributed by atoms with van der Waals surface area (Å²) in [5, 5.41) is 16.5. The van der Waals surface area contributed by atoms with E-state index in [9.17, 15) is 9.59 Å². The molecule has 3 rings (SSSR count). The van der Waals surface area contributed by atoms with E-state index in [1.54, 1.807) is 24.3 Å². The van der Waals surface area contributed by atoms with Crippen molar-refractivity contribution < 1.29 is 9.59 Å². The Morgan fingerprint density at radius 3 is 2.42 bits per heavy atom. The maximum absolute atomic E-state index is 13.0. The molecule has 7 nitrogen and oxygen atoms in total. The molecule has 3 aromatic rings. The van der Waals surface area contributed by atoms with Crippen LogP contribution in [0, 0.1) is 12.8 Å². The normalized spacial score (nSPS) is 12.0. The number of nitrogens with zero attached hydrogens (tertiary/aromatic N) is 3. The Morgan fingerprint density at radius 2 is 1.75 bits per heavy atom. The lowest BCUT2D eigenvalue weighted by molar-refractivity contribution is -0.113. The smallest absolute Gasteiger partial charge is 0.253 e. The molecule has 0 aliphatic rings. The van der Waals surface area contributed by atoms with Crippen molar-refractivity contribution in [2.45, 2.75) is 51.9 Å². The summed E-state index contributed by atoms with van der Waals surface area (Å²) in [4.78, 5) is 25.6. The molecule has 36 heavy (non-hydrogen) atoms. The molecule has 0 saturated heterocycles. The molecule has 0 aliphatic heterocycles. The monoisotopic (exact) mass is 567 g/mol.